The number of hydrogen-bond acceptors (Lipinski definition) is 16. The van der Waals surface area contributed by atoms with E-state index in [4.69, 9.17) is 0 Å². The van der Waals surface area contributed by atoms with Crippen LogP contribution < -0.4 is 0 Å². The number of methoxy groups -OCH3 is 8. The number of rotatable bonds is 8. The number of aryl methyl sites for hydroxylation is 2. The van der Waals surface area contributed by atoms with Crippen LogP contribution in [0.15, 0.2) is 60.7 Å². The van der Waals surface area contributed by atoms with Crippen LogP contribution in [0, 0.1) is 13.8 Å². The molecule has 3 aromatic rings. The second-order valence-corrected chi connectivity index (χ2v) is 9.95. The van der Waals surface area contributed by atoms with Gasteiger partial charge in [-0.15, -0.1) is 0 Å². The summed E-state index contributed by atoms with van der Waals surface area (Å²) in [6, 6.07) is 16.6. The molecule has 0 saturated carbocycles. The van der Waals surface area contributed by atoms with Crippen molar-refractivity contribution in [2.24, 2.45) is 0 Å². The molecule has 0 heterocycles. The monoisotopic (exact) mass is 790 g/mol. The van der Waals surface area contributed by atoms with Crippen molar-refractivity contribution in [2.45, 2.75) is 42.5 Å². The van der Waals surface area contributed by atoms with E-state index in [9.17, 15) is 38.4 Å². The van der Waals surface area contributed by atoms with E-state index < -0.39 is 47.8 Å². The van der Waals surface area contributed by atoms with Crippen LogP contribution in [-0.2, 0) is 47.5 Å². The predicted molar refractivity (Wildman–Crippen MR) is 206 cm³/mol. The number of ether oxygens (including phenoxy) is 8. The fraction of sp³-hybridized carbons (Fsp3) is 0.350. The Kier molecular flexibility index (Phi) is 29.9. The Hall–Kier alpha value is -6.58. The third-order valence-electron chi connectivity index (χ3n) is 6.47. The molecule has 0 saturated heterocycles. The lowest BCUT2D eigenvalue weighted by Crippen LogP contribution is -2.18. The highest BCUT2D eigenvalue weighted by molar-refractivity contribution is 6.10. The van der Waals surface area contributed by atoms with Gasteiger partial charge in [0.25, 0.3) is 0 Å². The molecule has 0 amide bonds. The number of esters is 8. The highest BCUT2D eigenvalue weighted by Crippen LogP contribution is 2.21. The lowest BCUT2D eigenvalue weighted by molar-refractivity contribution is -0.151. The van der Waals surface area contributed by atoms with Crippen molar-refractivity contribution in [1.29, 1.82) is 0 Å². The second kappa shape index (κ2) is 29.8. The quantitative estimate of drug-likeness (QED) is 0.145. The van der Waals surface area contributed by atoms with E-state index in [-0.39, 0.29) is 51.0 Å². The van der Waals surface area contributed by atoms with E-state index in [2.05, 4.69) is 76.0 Å². The summed E-state index contributed by atoms with van der Waals surface area (Å²) >= 11 is 0. The molecule has 0 atom stereocenters. The third-order valence-corrected chi connectivity index (χ3v) is 6.47. The average molecular weight is 791 g/mol. The van der Waals surface area contributed by atoms with Gasteiger partial charge in [-0.2, -0.15) is 0 Å². The summed E-state index contributed by atoms with van der Waals surface area (Å²) in [7, 11) is 9.46. The first kappa shape index (κ1) is 56.2. The van der Waals surface area contributed by atoms with Crippen LogP contribution in [0.25, 0.3) is 0 Å². The lowest BCUT2D eigenvalue weighted by atomic mass is 9.98. The Bertz CT molecular complexity index is 1550. The van der Waals surface area contributed by atoms with E-state index in [1.165, 1.54) is 63.8 Å². The molecule has 3 aromatic carbocycles. The molecule has 0 radical (unpaired) electrons. The zero-order valence-corrected chi connectivity index (χ0v) is 31.0. The van der Waals surface area contributed by atoms with Crippen molar-refractivity contribution in [3.8, 4) is 0 Å². The van der Waals surface area contributed by atoms with Crippen LogP contribution in [0.3, 0.4) is 0 Å². The van der Waals surface area contributed by atoms with E-state index in [1.54, 1.807) is 0 Å². The van der Waals surface area contributed by atoms with Gasteiger partial charge in [-0.25, -0.2) is 28.8 Å². The van der Waals surface area contributed by atoms with Crippen molar-refractivity contribution in [3.63, 3.8) is 0 Å². The first-order valence-electron chi connectivity index (χ1n) is 15.0. The van der Waals surface area contributed by atoms with Gasteiger partial charge in [-0.3, -0.25) is 9.59 Å². The summed E-state index contributed by atoms with van der Waals surface area (Å²) in [5.41, 5.74) is 2.53. The first-order valence-corrected chi connectivity index (χ1v) is 15.0. The molecule has 0 aromatic heterocycles. The number of carbonyl (C=O) groups is 8. The summed E-state index contributed by atoms with van der Waals surface area (Å²) in [4.78, 5) is 89.6. The van der Waals surface area contributed by atoms with Crippen molar-refractivity contribution in [3.05, 3.63) is 105 Å². The molecule has 0 bridgehead atoms. The van der Waals surface area contributed by atoms with Gasteiger partial charge in [0.05, 0.1) is 90.3 Å². The van der Waals surface area contributed by atoms with Gasteiger partial charge in [0.2, 0.25) is 0 Å². The number of carbonyl (C=O) groups excluding carboxylic acids is 8. The molecule has 0 spiro atoms. The smallest absolute Gasteiger partial charge is 0.338 e. The molecule has 0 aliphatic heterocycles. The van der Waals surface area contributed by atoms with Gasteiger partial charge < -0.3 is 37.9 Å². The summed E-state index contributed by atoms with van der Waals surface area (Å²) < 4.78 is 35.6. The minimum absolute atomic E-state index is 0. The predicted octanol–water partition coefficient (Wildman–Crippen LogP) is 6.03. The number of benzene rings is 3. The van der Waals surface area contributed by atoms with Crippen LogP contribution in [0.4, 0.5) is 0 Å². The Labute approximate surface area is 328 Å². The molecule has 310 valence electrons. The van der Waals surface area contributed by atoms with Crippen molar-refractivity contribution in [2.75, 3.05) is 56.9 Å². The molecular weight excluding hydrogens is 736 g/mol. The van der Waals surface area contributed by atoms with Crippen LogP contribution in [0.2, 0.25) is 0 Å². The van der Waals surface area contributed by atoms with E-state index in [0.29, 0.717) is 11.1 Å². The maximum atomic E-state index is 11.8. The van der Waals surface area contributed by atoms with Gasteiger partial charge in [-0.1, -0.05) is 57.7 Å². The SMILES string of the molecule is C.C.C.COC(=O)CC(=O)OC.COC(=O)c1cc(C(=O)OC)c(C(=O)OC)cc1C(=O)OC.COC(=O)c1ccc(C(=O)OC)cc1.Cc1ccc(C)cc1. The maximum Gasteiger partial charge on any atom is 0.338 e. The van der Waals surface area contributed by atoms with Crippen LogP contribution in [0.1, 0.15) is 102 Å². The Morgan fingerprint density at radius 2 is 0.571 bits per heavy atom. The Morgan fingerprint density at radius 3 is 0.750 bits per heavy atom. The molecule has 16 heteroatoms. The van der Waals surface area contributed by atoms with Gasteiger partial charge in [-0.05, 0) is 50.2 Å². The molecule has 0 aliphatic carbocycles. The summed E-state index contributed by atoms with van der Waals surface area (Å²) in [5.74, 6) is -5.51. The van der Waals surface area contributed by atoms with E-state index in [1.807, 2.05) is 0 Å². The topological polar surface area (TPSA) is 210 Å². The summed E-state index contributed by atoms with van der Waals surface area (Å²) in [5, 5.41) is 0. The molecule has 0 fully saturated rings. The zero-order chi connectivity index (χ0) is 40.7. The first-order chi connectivity index (χ1) is 25.1. The summed E-state index contributed by atoms with van der Waals surface area (Å²) in [6.45, 7) is 4.19. The molecular formula is C40H54O16. The molecule has 0 N–H and O–H groups in total. The van der Waals surface area contributed by atoms with Crippen molar-refractivity contribution in [1.82, 2.24) is 0 Å². The lowest BCUT2D eigenvalue weighted by Gasteiger charge is -2.12. The fourth-order valence-electron chi connectivity index (χ4n) is 3.59. The van der Waals surface area contributed by atoms with Crippen molar-refractivity contribution >= 4 is 47.8 Å². The maximum absolute atomic E-state index is 11.8. The van der Waals surface area contributed by atoms with E-state index >= 15 is 0 Å². The molecule has 3 rings (SSSR count). The molecule has 16 nitrogen and oxygen atoms in total. The number of hydrogen-bond donors (Lipinski definition) is 0. The van der Waals surface area contributed by atoms with Gasteiger partial charge in [0.15, 0.2) is 0 Å². The Morgan fingerprint density at radius 1 is 0.357 bits per heavy atom. The molecule has 0 aliphatic rings. The minimum Gasteiger partial charge on any atom is -0.469 e. The minimum atomic E-state index is -0.873. The van der Waals surface area contributed by atoms with Gasteiger partial charge >= 0.3 is 47.8 Å². The standard InChI is InChI=1S/C14H14O8.C10H10O4.C8H10.C5H8O4.3CH4/c1-19-11(15)7-5-9(13(17)21-3)10(14(18)22-4)6-8(7)12(16)20-2;1-13-9(11)7-3-5-8(6-4-7)10(12)14-2;1-7-3-5-8(2)6-4-7;1-8-4(6)3-5(7)9-2;;;/h5-6H,1-4H3;3-6H,1-2H3;3-6H,1-2H3;3H2,1-2H3;3*1H4. The van der Waals surface area contributed by atoms with Crippen molar-refractivity contribution < 1.29 is 76.3 Å². The summed E-state index contributed by atoms with van der Waals surface area (Å²) in [6.07, 6.45) is -0.312. The third kappa shape index (κ3) is 19.0. The largest absolute Gasteiger partial charge is 0.469 e. The van der Waals surface area contributed by atoms with Crippen LogP contribution in [-0.4, -0.2) is 105 Å². The highest BCUT2D eigenvalue weighted by atomic mass is 16.6. The molecule has 0 unspecified atom stereocenters. The average Bonchev–Trinajstić information content (AvgIpc) is 3.20. The fourth-order valence-corrected chi connectivity index (χ4v) is 3.59. The molecule has 56 heavy (non-hydrogen) atoms. The zero-order valence-electron chi connectivity index (χ0n) is 31.0. The van der Waals surface area contributed by atoms with Crippen LogP contribution in [0.5, 0.6) is 0 Å². The van der Waals surface area contributed by atoms with E-state index in [0.717, 1.165) is 40.6 Å². The normalized spacial score (nSPS) is 8.75. The highest BCUT2D eigenvalue weighted by Gasteiger charge is 2.27. The van der Waals surface area contributed by atoms with Gasteiger partial charge in [0.1, 0.15) is 6.42 Å². The Balaban J connectivity index is -0.000000342. The second-order valence-electron chi connectivity index (χ2n) is 9.95. The van der Waals surface area contributed by atoms with Crippen LogP contribution >= 0.6 is 0 Å². The van der Waals surface area contributed by atoms with Gasteiger partial charge in [0, 0.05) is 0 Å².